The van der Waals surface area contributed by atoms with Crippen molar-refractivity contribution in [2.45, 2.75) is 20.8 Å². The number of hydrogen-bond donors (Lipinski definition) is 2. The number of rotatable bonds is 4. The number of benzene rings is 2. The molecule has 7 nitrogen and oxygen atoms in total. The van der Waals surface area contributed by atoms with Crippen molar-refractivity contribution in [1.82, 2.24) is 20.8 Å². The molecule has 0 aliphatic carbocycles. The summed E-state index contributed by atoms with van der Waals surface area (Å²) < 4.78 is 5.38. The van der Waals surface area contributed by atoms with Crippen LogP contribution in [0.5, 0.6) is 5.75 Å². The molecule has 0 fully saturated rings. The molecular weight excluding hydrogens is 380 g/mol. The van der Waals surface area contributed by atoms with E-state index in [2.05, 4.69) is 20.8 Å². The molecule has 3 aromatic rings. The van der Waals surface area contributed by atoms with Gasteiger partial charge >= 0.3 is 0 Å². The van der Waals surface area contributed by atoms with E-state index in [9.17, 15) is 9.59 Å². The van der Waals surface area contributed by atoms with E-state index < -0.39 is 11.8 Å². The Morgan fingerprint density at radius 3 is 2.39 bits per heavy atom. The topological polar surface area (TPSA) is 93.2 Å². The highest BCUT2D eigenvalue weighted by Gasteiger charge is 2.10. The molecule has 8 heteroatoms. The number of nitrogens with zero attached hydrogens (tertiary/aromatic N) is 2. The molecule has 144 valence electrons. The van der Waals surface area contributed by atoms with Crippen LogP contribution in [0.3, 0.4) is 0 Å². The zero-order chi connectivity index (χ0) is 20.3. The van der Waals surface area contributed by atoms with E-state index in [1.165, 1.54) is 0 Å². The van der Waals surface area contributed by atoms with Crippen LogP contribution in [0.15, 0.2) is 36.4 Å². The molecule has 2 amide bonds. The summed E-state index contributed by atoms with van der Waals surface area (Å²) in [5, 5.41) is 0.620. The van der Waals surface area contributed by atoms with Crippen molar-refractivity contribution in [3.05, 3.63) is 63.9 Å². The number of hydrazine groups is 1. The second-order valence-electron chi connectivity index (χ2n) is 6.30. The van der Waals surface area contributed by atoms with Crippen LogP contribution in [0, 0.1) is 20.8 Å². The lowest BCUT2D eigenvalue weighted by Gasteiger charge is -2.10. The van der Waals surface area contributed by atoms with Crippen molar-refractivity contribution >= 4 is 34.4 Å². The lowest BCUT2D eigenvalue weighted by atomic mass is 10.1. The van der Waals surface area contributed by atoms with Gasteiger partial charge in [-0.3, -0.25) is 20.4 Å². The van der Waals surface area contributed by atoms with Crippen molar-refractivity contribution < 1.29 is 14.3 Å². The van der Waals surface area contributed by atoms with Crippen LogP contribution in [0.2, 0.25) is 5.02 Å². The second-order valence-corrected chi connectivity index (χ2v) is 6.71. The molecule has 0 aliphatic heterocycles. The molecule has 0 bridgehead atoms. The molecule has 0 radical (unpaired) electrons. The summed E-state index contributed by atoms with van der Waals surface area (Å²) in [6, 6.07) is 10.1. The molecular formula is C20H19ClN4O3. The second kappa shape index (κ2) is 8.22. The SMILES string of the molecule is Cc1cc(OCC(=O)NNC(=O)c2ccc3nc(C)c(C)nc3c2)ccc1Cl. The summed E-state index contributed by atoms with van der Waals surface area (Å²) >= 11 is 5.95. The van der Waals surface area contributed by atoms with Gasteiger partial charge in [-0.1, -0.05) is 11.6 Å². The standard InChI is InChI=1S/C20H19ClN4O3/c1-11-8-15(5-6-16(11)21)28-10-19(26)24-25-20(27)14-4-7-17-18(9-14)23-13(3)12(2)22-17/h4-9H,10H2,1-3H3,(H,24,26)(H,25,27). The van der Waals surface area contributed by atoms with E-state index in [0.717, 1.165) is 17.0 Å². The number of hydrogen-bond acceptors (Lipinski definition) is 5. The smallest absolute Gasteiger partial charge is 0.276 e. The van der Waals surface area contributed by atoms with Crippen LogP contribution in [0.25, 0.3) is 11.0 Å². The van der Waals surface area contributed by atoms with Gasteiger partial charge < -0.3 is 4.74 Å². The average molecular weight is 399 g/mol. The number of nitrogens with one attached hydrogen (secondary N) is 2. The Labute approximate surface area is 167 Å². The monoisotopic (exact) mass is 398 g/mol. The van der Waals surface area contributed by atoms with Crippen LogP contribution >= 0.6 is 11.6 Å². The molecule has 28 heavy (non-hydrogen) atoms. The van der Waals surface area contributed by atoms with Gasteiger partial charge in [-0.05, 0) is 62.7 Å². The van der Waals surface area contributed by atoms with E-state index in [1.807, 2.05) is 20.8 Å². The van der Waals surface area contributed by atoms with Gasteiger partial charge in [0.1, 0.15) is 5.75 Å². The Bertz CT molecular complexity index is 1070. The molecule has 0 spiro atoms. The van der Waals surface area contributed by atoms with Gasteiger partial charge in [0, 0.05) is 10.6 Å². The first-order valence-corrected chi connectivity index (χ1v) is 8.94. The maximum Gasteiger partial charge on any atom is 0.276 e. The van der Waals surface area contributed by atoms with Gasteiger partial charge in [0.15, 0.2) is 6.61 Å². The highest BCUT2D eigenvalue weighted by molar-refractivity contribution is 6.31. The summed E-state index contributed by atoms with van der Waals surface area (Å²) in [7, 11) is 0. The Morgan fingerprint density at radius 2 is 1.68 bits per heavy atom. The lowest BCUT2D eigenvalue weighted by molar-refractivity contribution is -0.123. The number of carbonyl (C=O) groups excluding carboxylic acids is 2. The van der Waals surface area contributed by atoms with Gasteiger partial charge in [0.2, 0.25) is 0 Å². The molecule has 0 saturated heterocycles. The number of amides is 2. The van der Waals surface area contributed by atoms with Crippen molar-refractivity contribution in [3.63, 3.8) is 0 Å². The van der Waals surface area contributed by atoms with Gasteiger partial charge in [0.05, 0.1) is 22.4 Å². The fraction of sp³-hybridized carbons (Fsp3) is 0.200. The zero-order valence-electron chi connectivity index (χ0n) is 15.7. The van der Waals surface area contributed by atoms with E-state index in [-0.39, 0.29) is 6.61 Å². The summed E-state index contributed by atoms with van der Waals surface area (Å²) in [5.41, 5.74) is 8.84. The Morgan fingerprint density at radius 1 is 0.964 bits per heavy atom. The van der Waals surface area contributed by atoms with Crippen molar-refractivity contribution in [2.75, 3.05) is 6.61 Å². The fourth-order valence-electron chi connectivity index (χ4n) is 2.46. The van der Waals surface area contributed by atoms with Gasteiger partial charge in [-0.15, -0.1) is 0 Å². The third-order valence-electron chi connectivity index (χ3n) is 4.15. The third-order valence-corrected chi connectivity index (χ3v) is 4.58. The highest BCUT2D eigenvalue weighted by atomic mass is 35.5. The summed E-state index contributed by atoms with van der Waals surface area (Å²) in [6.45, 7) is 5.33. The molecule has 0 aliphatic rings. The molecule has 2 N–H and O–H groups in total. The zero-order valence-corrected chi connectivity index (χ0v) is 16.4. The first kappa shape index (κ1) is 19.6. The molecule has 1 heterocycles. The van der Waals surface area contributed by atoms with Crippen LogP contribution in [-0.4, -0.2) is 28.4 Å². The average Bonchev–Trinajstić information content (AvgIpc) is 2.67. The number of carbonyl (C=O) groups is 2. The number of ether oxygens (including phenoxy) is 1. The first-order chi connectivity index (χ1) is 13.3. The Kier molecular flexibility index (Phi) is 5.75. The predicted octanol–water partition coefficient (Wildman–Crippen LogP) is 3.05. The van der Waals surface area contributed by atoms with Crippen molar-refractivity contribution in [3.8, 4) is 5.75 Å². The normalized spacial score (nSPS) is 10.6. The van der Waals surface area contributed by atoms with Gasteiger partial charge in [0.25, 0.3) is 11.8 Å². The maximum absolute atomic E-state index is 12.3. The maximum atomic E-state index is 12.3. The van der Waals surface area contributed by atoms with E-state index in [4.69, 9.17) is 16.3 Å². The minimum atomic E-state index is -0.493. The third kappa shape index (κ3) is 4.55. The van der Waals surface area contributed by atoms with Crippen LogP contribution < -0.4 is 15.6 Å². The van der Waals surface area contributed by atoms with Crippen LogP contribution in [0.1, 0.15) is 27.3 Å². The fourth-order valence-corrected chi connectivity index (χ4v) is 2.58. The molecule has 0 saturated carbocycles. The molecule has 3 rings (SSSR count). The van der Waals surface area contributed by atoms with E-state index >= 15 is 0 Å². The summed E-state index contributed by atoms with van der Waals surface area (Å²) in [6.07, 6.45) is 0. The molecule has 0 unspecified atom stereocenters. The van der Waals surface area contributed by atoms with E-state index in [1.54, 1.807) is 36.4 Å². The minimum Gasteiger partial charge on any atom is -0.484 e. The lowest BCUT2D eigenvalue weighted by Crippen LogP contribution is -2.43. The minimum absolute atomic E-state index is 0.247. The number of halogens is 1. The summed E-state index contributed by atoms with van der Waals surface area (Å²) in [4.78, 5) is 33.0. The summed E-state index contributed by atoms with van der Waals surface area (Å²) in [5.74, 6) is -0.437. The molecule has 0 atom stereocenters. The largest absolute Gasteiger partial charge is 0.484 e. The Balaban J connectivity index is 1.57. The van der Waals surface area contributed by atoms with Crippen LogP contribution in [0.4, 0.5) is 0 Å². The highest BCUT2D eigenvalue weighted by Crippen LogP contribution is 2.20. The van der Waals surface area contributed by atoms with E-state index in [0.29, 0.717) is 27.4 Å². The Hall–Kier alpha value is -3.19. The van der Waals surface area contributed by atoms with Crippen molar-refractivity contribution in [2.24, 2.45) is 0 Å². The van der Waals surface area contributed by atoms with Gasteiger partial charge in [-0.2, -0.15) is 0 Å². The van der Waals surface area contributed by atoms with Gasteiger partial charge in [-0.25, -0.2) is 9.97 Å². The number of aryl methyl sites for hydroxylation is 3. The number of fused-ring (bicyclic) bond motifs is 1. The predicted molar refractivity (Wildman–Crippen MR) is 106 cm³/mol. The first-order valence-electron chi connectivity index (χ1n) is 8.56. The van der Waals surface area contributed by atoms with Crippen LogP contribution in [-0.2, 0) is 4.79 Å². The molecule has 2 aromatic carbocycles. The number of aromatic nitrogens is 2. The van der Waals surface area contributed by atoms with Crippen molar-refractivity contribution in [1.29, 1.82) is 0 Å². The molecule has 1 aromatic heterocycles. The quantitative estimate of drug-likeness (QED) is 0.659.